The van der Waals surface area contributed by atoms with Crippen LogP contribution >= 0.6 is 11.6 Å². The number of amides is 5. The number of anilines is 5. The molecule has 0 bridgehead atoms. The van der Waals surface area contributed by atoms with Crippen molar-refractivity contribution >= 4 is 80.9 Å². The van der Waals surface area contributed by atoms with E-state index in [2.05, 4.69) is 41.0 Å². The molecule has 3 saturated heterocycles. The number of likely N-dealkylation sites (N-methyl/N-ethyl adjacent to an activating group) is 1. The number of imide groups is 2. The molecule has 3 fully saturated rings. The molecule has 0 saturated carbocycles. The van der Waals surface area contributed by atoms with Gasteiger partial charge in [0.05, 0.1) is 29.4 Å². The van der Waals surface area contributed by atoms with E-state index in [0.717, 1.165) is 85.8 Å². The normalized spacial score (nSPS) is 19.1. The summed E-state index contributed by atoms with van der Waals surface area (Å²) in [6.07, 6.45) is 3.78. The Morgan fingerprint density at radius 2 is 1.66 bits per heavy atom. The average molecular weight is 810 g/mol. The number of carbonyl (C=O) groups excluding carboxylic acids is 5. The van der Waals surface area contributed by atoms with Gasteiger partial charge in [-0.1, -0.05) is 11.6 Å². The number of hydrogen-bond donors (Lipinski definition) is 4. The first-order valence-corrected chi connectivity index (χ1v) is 19.8. The van der Waals surface area contributed by atoms with E-state index < -0.39 is 29.7 Å². The Morgan fingerprint density at radius 1 is 0.897 bits per heavy atom. The van der Waals surface area contributed by atoms with Gasteiger partial charge in [-0.15, -0.1) is 0 Å². The van der Waals surface area contributed by atoms with Crippen LogP contribution in [0.4, 0.5) is 28.8 Å². The molecule has 17 nitrogen and oxygen atoms in total. The third-order valence-corrected chi connectivity index (χ3v) is 11.8. The minimum atomic E-state index is -0.983. The van der Waals surface area contributed by atoms with Crippen LogP contribution in [0.25, 0.3) is 10.9 Å². The van der Waals surface area contributed by atoms with Gasteiger partial charge in [0.2, 0.25) is 23.7 Å². The summed E-state index contributed by atoms with van der Waals surface area (Å²) in [4.78, 5) is 92.4. The molecule has 0 aliphatic carbocycles. The SMILES string of the molecule is CNC(=O)CNc1cc2cc(Nc3nc(N4CCN(CC5CCN(c6ccc7c(c6)C(=O)N(C6CCC(=O)NC6=O)C7=O)CC5)CC4)ncc3Cl)ccc2n(C)c1=O. The number of fused-ring (bicyclic) bond motifs is 2. The van der Waals surface area contributed by atoms with Crippen molar-refractivity contribution in [2.45, 2.75) is 31.7 Å². The van der Waals surface area contributed by atoms with Gasteiger partial charge in [0.25, 0.3) is 17.4 Å². The summed E-state index contributed by atoms with van der Waals surface area (Å²) >= 11 is 6.56. The lowest BCUT2D eigenvalue weighted by atomic mass is 9.95. The zero-order valence-electron chi connectivity index (χ0n) is 32.2. The molecular weight excluding hydrogens is 766 g/mol. The van der Waals surface area contributed by atoms with Gasteiger partial charge in [-0.3, -0.25) is 43.9 Å². The Balaban J connectivity index is 0.842. The van der Waals surface area contributed by atoms with Gasteiger partial charge >= 0.3 is 0 Å². The monoisotopic (exact) mass is 809 g/mol. The first-order chi connectivity index (χ1) is 28.0. The molecule has 2 aromatic heterocycles. The third kappa shape index (κ3) is 7.66. The second-order valence-corrected chi connectivity index (χ2v) is 15.5. The summed E-state index contributed by atoms with van der Waals surface area (Å²) in [5, 5.41) is 12.2. The van der Waals surface area contributed by atoms with Crippen molar-refractivity contribution in [2.24, 2.45) is 13.0 Å². The number of nitrogens with zero attached hydrogens (tertiary/aromatic N) is 7. The molecule has 2 aromatic carbocycles. The van der Waals surface area contributed by atoms with Gasteiger partial charge < -0.3 is 30.3 Å². The first-order valence-electron chi connectivity index (χ1n) is 19.4. The summed E-state index contributed by atoms with van der Waals surface area (Å²) in [5.74, 6) is -0.680. The van der Waals surface area contributed by atoms with Crippen LogP contribution in [-0.4, -0.2) is 119 Å². The van der Waals surface area contributed by atoms with E-state index >= 15 is 0 Å². The van der Waals surface area contributed by atoms with E-state index in [0.29, 0.717) is 34.0 Å². The maximum atomic E-state index is 13.3. The fourth-order valence-electron chi connectivity index (χ4n) is 8.21. The van der Waals surface area contributed by atoms with E-state index in [1.165, 1.54) is 11.6 Å². The fraction of sp³-hybridized carbons (Fsp3) is 0.400. The number of aromatic nitrogens is 3. The Hall–Kier alpha value is -6.07. The number of piperidine rings is 2. The molecule has 4 N–H and O–H groups in total. The van der Waals surface area contributed by atoms with Crippen molar-refractivity contribution < 1.29 is 24.0 Å². The van der Waals surface area contributed by atoms with Crippen molar-refractivity contribution in [1.29, 1.82) is 0 Å². The molecule has 0 radical (unpaired) electrons. The Bertz CT molecular complexity index is 2390. The van der Waals surface area contributed by atoms with Crippen LogP contribution in [0.2, 0.25) is 5.02 Å². The molecule has 302 valence electrons. The van der Waals surface area contributed by atoms with E-state index in [1.54, 1.807) is 31.4 Å². The fourth-order valence-corrected chi connectivity index (χ4v) is 8.35. The van der Waals surface area contributed by atoms with E-state index in [-0.39, 0.29) is 36.4 Å². The summed E-state index contributed by atoms with van der Waals surface area (Å²) in [7, 11) is 3.23. The predicted molar refractivity (Wildman–Crippen MR) is 219 cm³/mol. The third-order valence-electron chi connectivity index (χ3n) is 11.5. The molecule has 18 heteroatoms. The molecule has 4 aromatic rings. The Labute approximate surface area is 338 Å². The lowest BCUT2D eigenvalue weighted by Gasteiger charge is -2.39. The highest BCUT2D eigenvalue weighted by Gasteiger charge is 2.45. The number of aryl methyl sites for hydroxylation is 1. The van der Waals surface area contributed by atoms with Gasteiger partial charge in [0.15, 0.2) is 5.82 Å². The number of halogens is 1. The maximum absolute atomic E-state index is 13.3. The maximum Gasteiger partial charge on any atom is 0.274 e. The number of pyridine rings is 1. The largest absolute Gasteiger partial charge is 0.372 e. The summed E-state index contributed by atoms with van der Waals surface area (Å²) in [6, 6.07) is 11.6. The van der Waals surface area contributed by atoms with Crippen LogP contribution in [0.3, 0.4) is 0 Å². The van der Waals surface area contributed by atoms with Crippen molar-refractivity contribution in [1.82, 2.24) is 35.0 Å². The minimum Gasteiger partial charge on any atom is -0.372 e. The van der Waals surface area contributed by atoms with Crippen LogP contribution in [-0.2, 0) is 21.4 Å². The molecule has 58 heavy (non-hydrogen) atoms. The van der Waals surface area contributed by atoms with Gasteiger partial charge in [-0.25, -0.2) is 4.98 Å². The van der Waals surface area contributed by atoms with Gasteiger partial charge in [0, 0.05) is 83.1 Å². The average Bonchev–Trinajstić information content (AvgIpc) is 3.47. The van der Waals surface area contributed by atoms with Crippen molar-refractivity contribution in [3.8, 4) is 0 Å². The molecule has 8 rings (SSSR count). The van der Waals surface area contributed by atoms with Crippen molar-refractivity contribution in [3.63, 3.8) is 0 Å². The van der Waals surface area contributed by atoms with E-state index in [9.17, 15) is 28.8 Å². The summed E-state index contributed by atoms with van der Waals surface area (Å²) in [6.45, 7) is 5.83. The van der Waals surface area contributed by atoms with Crippen LogP contribution in [0.5, 0.6) is 0 Å². The predicted octanol–water partition coefficient (Wildman–Crippen LogP) is 2.32. The summed E-state index contributed by atoms with van der Waals surface area (Å²) < 4.78 is 1.54. The number of rotatable bonds is 10. The molecule has 6 heterocycles. The molecule has 1 unspecified atom stereocenters. The molecule has 1 atom stereocenters. The second kappa shape index (κ2) is 16.1. The highest BCUT2D eigenvalue weighted by atomic mass is 35.5. The molecular formula is C40H44ClN11O6. The number of carbonyl (C=O) groups is 5. The topological polar surface area (TPSA) is 194 Å². The van der Waals surface area contributed by atoms with Gasteiger partial charge in [-0.2, -0.15) is 4.98 Å². The highest BCUT2D eigenvalue weighted by molar-refractivity contribution is 6.33. The second-order valence-electron chi connectivity index (χ2n) is 15.1. The molecule has 4 aliphatic heterocycles. The van der Waals surface area contributed by atoms with Crippen molar-refractivity contribution in [3.05, 3.63) is 75.2 Å². The Kier molecular flexibility index (Phi) is 10.7. The van der Waals surface area contributed by atoms with Crippen LogP contribution in [0.15, 0.2) is 53.5 Å². The first kappa shape index (κ1) is 38.8. The number of hydrogen-bond acceptors (Lipinski definition) is 13. The number of nitrogens with one attached hydrogen (secondary N) is 4. The van der Waals surface area contributed by atoms with Crippen molar-refractivity contribution in [2.75, 3.05) is 79.8 Å². The zero-order valence-corrected chi connectivity index (χ0v) is 33.0. The Morgan fingerprint density at radius 3 is 2.40 bits per heavy atom. The zero-order chi connectivity index (χ0) is 40.7. The summed E-state index contributed by atoms with van der Waals surface area (Å²) in [5.41, 5.74) is 3.00. The van der Waals surface area contributed by atoms with Crippen LogP contribution in [0, 0.1) is 5.92 Å². The van der Waals surface area contributed by atoms with Gasteiger partial charge in [0.1, 0.15) is 16.8 Å². The molecule has 4 aliphatic rings. The lowest BCUT2D eigenvalue weighted by Crippen LogP contribution is -2.54. The van der Waals surface area contributed by atoms with E-state index in [1.807, 2.05) is 24.3 Å². The highest BCUT2D eigenvalue weighted by Crippen LogP contribution is 2.33. The van der Waals surface area contributed by atoms with Crippen LogP contribution in [0.1, 0.15) is 46.4 Å². The standard InChI is InChI=1S/C40H44ClN11O6/c1-42-34(54)21-43-30-18-24-17-25(3-6-31(24)48(2)39(30)58)45-35-29(41)20-44-40(47-35)51-15-13-49(14-16-51)22-23-9-11-50(12-10-23)26-4-5-27-28(19-26)38(57)52(37(27)56)32-7-8-33(53)46-36(32)55/h3-6,17-20,23,32,43H,7-16,21-22H2,1-2H3,(H,42,54)(H,44,45,47)(H,46,53,55). The lowest BCUT2D eigenvalue weighted by molar-refractivity contribution is -0.136. The molecule has 0 spiro atoms. The van der Waals surface area contributed by atoms with Gasteiger partial charge in [-0.05, 0) is 67.6 Å². The van der Waals surface area contributed by atoms with E-state index in [4.69, 9.17) is 16.6 Å². The minimum absolute atomic E-state index is 0.0209. The smallest absolute Gasteiger partial charge is 0.274 e. The quantitative estimate of drug-likeness (QED) is 0.171. The number of benzene rings is 2. The molecule has 5 amide bonds. The number of piperazine rings is 1. The van der Waals surface area contributed by atoms with Crippen LogP contribution < -0.4 is 36.6 Å².